The highest BCUT2D eigenvalue weighted by Gasteiger charge is 2.52. The Labute approximate surface area is 163 Å². The number of likely N-dealkylation sites (tertiary alicyclic amines) is 1. The Morgan fingerprint density at radius 1 is 1.27 bits per heavy atom. The number of piperazine rings is 1. The second kappa shape index (κ2) is 7.11. The number of ether oxygens (including phenoxy) is 2. The van der Waals surface area contributed by atoms with Gasteiger partial charge in [-0.25, -0.2) is 0 Å². The molecule has 26 heavy (non-hydrogen) atoms. The minimum absolute atomic E-state index is 0.0352. The molecule has 3 saturated heterocycles. The fourth-order valence-corrected chi connectivity index (χ4v) is 4.64. The molecule has 0 bridgehead atoms. The Hall–Kier alpha value is -1.15. The molecule has 3 aliphatic heterocycles. The molecule has 6 nitrogen and oxygen atoms in total. The fraction of sp³-hybridized carbons (Fsp3) is 0.632. The van der Waals surface area contributed by atoms with Crippen molar-refractivity contribution in [2.24, 2.45) is 0 Å². The predicted octanol–water partition coefficient (Wildman–Crippen LogP) is 1.69. The summed E-state index contributed by atoms with van der Waals surface area (Å²) in [6.07, 6.45) is 1.03. The molecule has 0 aliphatic carbocycles. The van der Waals surface area contributed by atoms with E-state index in [4.69, 9.17) is 9.47 Å². The van der Waals surface area contributed by atoms with E-state index in [1.54, 1.807) is 13.2 Å². The molecule has 3 fully saturated rings. The first-order chi connectivity index (χ1) is 12.5. The van der Waals surface area contributed by atoms with Crippen LogP contribution in [0.5, 0.6) is 5.75 Å². The Balaban J connectivity index is 1.36. The lowest BCUT2D eigenvalue weighted by Gasteiger charge is -2.47. The van der Waals surface area contributed by atoms with Crippen LogP contribution in [-0.4, -0.2) is 92.3 Å². The zero-order valence-electron chi connectivity index (χ0n) is 15.4. The first-order valence-electron chi connectivity index (χ1n) is 9.19. The third-order valence-electron chi connectivity index (χ3n) is 5.89. The third kappa shape index (κ3) is 3.38. The number of likely N-dealkylation sites (N-methyl/N-ethyl adjacent to an activating group) is 1. The van der Waals surface area contributed by atoms with Gasteiger partial charge in [0.1, 0.15) is 11.4 Å². The van der Waals surface area contributed by atoms with E-state index in [1.807, 2.05) is 17.0 Å². The summed E-state index contributed by atoms with van der Waals surface area (Å²) in [5.41, 5.74) is 0.502. The van der Waals surface area contributed by atoms with Crippen LogP contribution in [0.3, 0.4) is 0 Å². The summed E-state index contributed by atoms with van der Waals surface area (Å²) in [6, 6.07) is 5.99. The van der Waals surface area contributed by atoms with Crippen molar-refractivity contribution in [3.8, 4) is 5.75 Å². The van der Waals surface area contributed by atoms with Gasteiger partial charge in [0.25, 0.3) is 5.91 Å². The van der Waals surface area contributed by atoms with Crippen LogP contribution < -0.4 is 4.74 Å². The van der Waals surface area contributed by atoms with Crippen molar-refractivity contribution < 1.29 is 14.3 Å². The number of carbonyl (C=O) groups excluding carboxylic acids is 1. The molecule has 3 aliphatic rings. The molecule has 4 rings (SSSR count). The van der Waals surface area contributed by atoms with Crippen molar-refractivity contribution in [2.75, 3.05) is 60.0 Å². The molecule has 7 heteroatoms. The molecule has 0 radical (unpaired) electrons. The SMILES string of the molecule is COc1ccc(Br)c(C(=O)N2CC3(CC(N4CCN(C)CC4)CO3)C2)c1. The zero-order valence-corrected chi connectivity index (χ0v) is 17.0. The Bertz CT molecular complexity index is 685. The maximum Gasteiger partial charge on any atom is 0.255 e. The maximum atomic E-state index is 12.8. The van der Waals surface area contributed by atoms with E-state index in [2.05, 4.69) is 32.8 Å². The molecule has 142 valence electrons. The standard InChI is InChI=1S/C19H26BrN3O3/c1-21-5-7-22(8-6-21)14-10-19(26-11-14)12-23(13-19)18(24)16-9-15(25-2)3-4-17(16)20/h3-4,9,14H,5-8,10-13H2,1-2H3. The van der Waals surface area contributed by atoms with E-state index in [1.165, 1.54) is 0 Å². The summed E-state index contributed by atoms with van der Waals surface area (Å²) in [4.78, 5) is 19.7. The molecule has 1 atom stereocenters. The number of rotatable bonds is 3. The topological polar surface area (TPSA) is 45.2 Å². The van der Waals surface area contributed by atoms with E-state index in [9.17, 15) is 4.79 Å². The molecule has 1 aromatic rings. The molecule has 1 spiro atoms. The lowest BCUT2D eigenvalue weighted by atomic mass is 9.88. The van der Waals surface area contributed by atoms with Gasteiger partial charge in [-0.3, -0.25) is 9.69 Å². The van der Waals surface area contributed by atoms with Crippen LogP contribution in [-0.2, 0) is 4.74 Å². The van der Waals surface area contributed by atoms with Crippen molar-refractivity contribution in [1.82, 2.24) is 14.7 Å². The van der Waals surface area contributed by atoms with Gasteiger partial charge in [0.05, 0.1) is 32.4 Å². The number of nitrogens with zero attached hydrogens (tertiary/aromatic N) is 3. The number of halogens is 1. The number of amides is 1. The molecule has 0 N–H and O–H groups in total. The molecule has 3 heterocycles. The average Bonchev–Trinajstić information content (AvgIpc) is 3.07. The van der Waals surface area contributed by atoms with Crippen LogP contribution in [0.25, 0.3) is 0 Å². The van der Waals surface area contributed by atoms with Gasteiger partial charge in [-0.1, -0.05) is 0 Å². The zero-order chi connectivity index (χ0) is 18.3. The largest absolute Gasteiger partial charge is 0.497 e. The van der Waals surface area contributed by atoms with Gasteiger partial charge in [0.15, 0.2) is 0 Å². The van der Waals surface area contributed by atoms with Crippen molar-refractivity contribution in [2.45, 2.75) is 18.1 Å². The minimum atomic E-state index is -0.144. The summed E-state index contributed by atoms with van der Waals surface area (Å²) in [6.45, 7) is 6.62. The highest BCUT2D eigenvalue weighted by atomic mass is 79.9. The highest BCUT2D eigenvalue weighted by Crippen LogP contribution is 2.38. The molecule has 1 aromatic carbocycles. The molecule has 0 saturated carbocycles. The monoisotopic (exact) mass is 423 g/mol. The average molecular weight is 424 g/mol. The van der Waals surface area contributed by atoms with Gasteiger partial charge >= 0.3 is 0 Å². The number of hydrogen-bond donors (Lipinski definition) is 0. The van der Waals surface area contributed by atoms with E-state index in [0.29, 0.717) is 30.4 Å². The lowest BCUT2D eigenvalue weighted by molar-refractivity contribution is -0.0951. The number of methoxy groups -OCH3 is 1. The smallest absolute Gasteiger partial charge is 0.255 e. The predicted molar refractivity (Wildman–Crippen MR) is 103 cm³/mol. The van der Waals surface area contributed by atoms with E-state index in [-0.39, 0.29) is 11.5 Å². The van der Waals surface area contributed by atoms with Crippen molar-refractivity contribution in [1.29, 1.82) is 0 Å². The second-order valence-electron chi connectivity index (χ2n) is 7.70. The van der Waals surface area contributed by atoms with Crippen LogP contribution in [0.15, 0.2) is 22.7 Å². The van der Waals surface area contributed by atoms with Crippen LogP contribution in [0.1, 0.15) is 16.8 Å². The summed E-state index contributed by atoms with van der Waals surface area (Å²) < 4.78 is 12.2. The quantitative estimate of drug-likeness (QED) is 0.739. The number of benzene rings is 1. The first kappa shape index (κ1) is 18.2. The van der Waals surface area contributed by atoms with Crippen LogP contribution in [0.4, 0.5) is 0 Å². The molecule has 1 unspecified atom stereocenters. The summed E-state index contributed by atoms with van der Waals surface area (Å²) in [7, 11) is 3.79. The van der Waals surface area contributed by atoms with E-state index in [0.717, 1.165) is 43.7 Å². The molecular formula is C19H26BrN3O3. The van der Waals surface area contributed by atoms with Gasteiger partial charge in [-0.2, -0.15) is 0 Å². The van der Waals surface area contributed by atoms with Crippen molar-refractivity contribution >= 4 is 21.8 Å². The Morgan fingerprint density at radius 3 is 2.69 bits per heavy atom. The van der Waals surface area contributed by atoms with Gasteiger partial charge in [0, 0.05) is 36.7 Å². The van der Waals surface area contributed by atoms with E-state index < -0.39 is 0 Å². The summed E-state index contributed by atoms with van der Waals surface area (Å²) in [5, 5.41) is 0. The van der Waals surface area contributed by atoms with Gasteiger partial charge in [0.2, 0.25) is 0 Å². The van der Waals surface area contributed by atoms with Crippen LogP contribution in [0.2, 0.25) is 0 Å². The first-order valence-corrected chi connectivity index (χ1v) is 9.98. The van der Waals surface area contributed by atoms with Crippen LogP contribution >= 0.6 is 15.9 Å². The number of carbonyl (C=O) groups is 1. The van der Waals surface area contributed by atoms with Gasteiger partial charge < -0.3 is 19.3 Å². The molecule has 0 aromatic heterocycles. The minimum Gasteiger partial charge on any atom is -0.497 e. The van der Waals surface area contributed by atoms with Crippen LogP contribution in [0, 0.1) is 0 Å². The Morgan fingerprint density at radius 2 is 2.00 bits per heavy atom. The normalized spacial score (nSPS) is 26.1. The van der Waals surface area contributed by atoms with Gasteiger partial charge in [-0.05, 0) is 47.6 Å². The van der Waals surface area contributed by atoms with Crippen molar-refractivity contribution in [3.63, 3.8) is 0 Å². The lowest BCUT2D eigenvalue weighted by Crippen LogP contribution is -2.63. The second-order valence-corrected chi connectivity index (χ2v) is 8.55. The van der Waals surface area contributed by atoms with E-state index >= 15 is 0 Å². The summed E-state index contributed by atoms with van der Waals surface area (Å²) in [5.74, 6) is 0.729. The number of hydrogen-bond acceptors (Lipinski definition) is 5. The molecule has 1 amide bonds. The highest BCUT2D eigenvalue weighted by molar-refractivity contribution is 9.10. The Kier molecular flexibility index (Phi) is 4.98. The van der Waals surface area contributed by atoms with Gasteiger partial charge in [-0.15, -0.1) is 0 Å². The molecular weight excluding hydrogens is 398 g/mol. The third-order valence-corrected chi connectivity index (χ3v) is 6.58. The summed E-state index contributed by atoms with van der Waals surface area (Å²) >= 11 is 3.48. The maximum absolute atomic E-state index is 12.8. The fourth-order valence-electron chi connectivity index (χ4n) is 4.22. The van der Waals surface area contributed by atoms with Crippen molar-refractivity contribution in [3.05, 3.63) is 28.2 Å².